The van der Waals surface area contributed by atoms with Gasteiger partial charge in [0.15, 0.2) is 11.2 Å². The van der Waals surface area contributed by atoms with E-state index < -0.39 is 7.82 Å². The minimum atomic E-state index is -4.64. The topological polar surface area (TPSA) is 182 Å². The standard InChI is InChI=1S/C7H7N5O2.H3O4P/c13-3-10-7-11-5-4(6(14)12-7)8-1-2-9-5;1-5(2,3)4/h1-2,13H,3H2,(H2,9,10,11,12,14);(H3,1,2,3,4). The van der Waals surface area contributed by atoms with E-state index in [2.05, 4.69) is 25.3 Å². The smallest absolute Gasteiger partial charge is 0.376 e. The minimum Gasteiger partial charge on any atom is -0.376 e. The van der Waals surface area contributed by atoms with Crippen LogP contribution >= 0.6 is 7.82 Å². The highest BCUT2D eigenvalue weighted by molar-refractivity contribution is 7.45. The van der Waals surface area contributed by atoms with Crippen LogP contribution in [0.1, 0.15) is 0 Å². The van der Waals surface area contributed by atoms with Crippen molar-refractivity contribution in [3.05, 3.63) is 22.7 Å². The summed E-state index contributed by atoms with van der Waals surface area (Å²) in [6.07, 6.45) is 2.86. The van der Waals surface area contributed by atoms with E-state index in [4.69, 9.17) is 24.4 Å². The van der Waals surface area contributed by atoms with Crippen molar-refractivity contribution >= 4 is 24.9 Å². The van der Waals surface area contributed by atoms with Gasteiger partial charge in [-0.05, 0) is 0 Å². The number of anilines is 1. The van der Waals surface area contributed by atoms with Crippen LogP contribution in [0.25, 0.3) is 11.2 Å². The fraction of sp³-hybridized carbons (Fsp3) is 0.143. The Morgan fingerprint density at radius 1 is 1.26 bits per heavy atom. The van der Waals surface area contributed by atoms with Gasteiger partial charge in [0.2, 0.25) is 5.95 Å². The maximum absolute atomic E-state index is 11.4. The normalized spacial score (nSPS) is 10.7. The third kappa shape index (κ3) is 5.50. The van der Waals surface area contributed by atoms with Gasteiger partial charge in [-0.2, -0.15) is 4.98 Å². The first-order chi connectivity index (χ1) is 8.81. The molecular weight excluding hydrogens is 281 g/mol. The number of fused-ring (bicyclic) bond motifs is 1. The van der Waals surface area contributed by atoms with E-state index in [1.54, 1.807) is 0 Å². The molecule has 0 bridgehead atoms. The Kier molecular flexibility index (Phi) is 5.03. The Morgan fingerprint density at radius 2 is 1.84 bits per heavy atom. The van der Waals surface area contributed by atoms with Crippen molar-refractivity contribution in [3.8, 4) is 0 Å². The second-order valence-corrected chi connectivity index (χ2v) is 4.02. The van der Waals surface area contributed by atoms with E-state index in [-0.39, 0.29) is 29.4 Å². The summed E-state index contributed by atoms with van der Waals surface area (Å²) >= 11 is 0. The summed E-state index contributed by atoms with van der Waals surface area (Å²) in [5.41, 5.74) is 0.0299. The zero-order chi connectivity index (χ0) is 14.5. The fourth-order valence-corrected chi connectivity index (χ4v) is 1.03. The summed E-state index contributed by atoms with van der Waals surface area (Å²) < 4.78 is 8.88. The summed E-state index contributed by atoms with van der Waals surface area (Å²) in [6.45, 7) is -0.311. The molecule has 0 atom stereocenters. The van der Waals surface area contributed by atoms with Gasteiger partial charge in [0.05, 0.1) is 0 Å². The molecule has 0 saturated heterocycles. The first-order valence-electron chi connectivity index (χ1n) is 4.65. The lowest BCUT2D eigenvalue weighted by Gasteiger charge is -2.00. The van der Waals surface area contributed by atoms with Crippen molar-refractivity contribution in [2.75, 3.05) is 12.0 Å². The Bertz CT molecular complexity index is 645. The molecule has 104 valence electrons. The van der Waals surface area contributed by atoms with E-state index in [1.807, 2.05) is 0 Å². The first kappa shape index (κ1) is 15.1. The second kappa shape index (κ2) is 6.31. The molecule has 12 heteroatoms. The molecule has 0 fully saturated rings. The molecule has 0 aromatic carbocycles. The molecule has 0 unspecified atom stereocenters. The number of nitrogens with one attached hydrogen (secondary N) is 2. The first-order valence-corrected chi connectivity index (χ1v) is 6.22. The van der Waals surface area contributed by atoms with E-state index in [0.717, 1.165) is 0 Å². The second-order valence-electron chi connectivity index (χ2n) is 2.99. The van der Waals surface area contributed by atoms with Crippen LogP contribution in [0.2, 0.25) is 0 Å². The monoisotopic (exact) mass is 291 g/mol. The number of nitrogens with zero attached hydrogens (tertiary/aromatic N) is 3. The van der Waals surface area contributed by atoms with Gasteiger partial charge in [0.25, 0.3) is 5.56 Å². The largest absolute Gasteiger partial charge is 0.466 e. The molecular formula is C7H10N5O6P. The van der Waals surface area contributed by atoms with Crippen LogP contribution in [-0.4, -0.2) is 46.5 Å². The molecule has 0 amide bonds. The molecule has 11 nitrogen and oxygen atoms in total. The molecule has 0 saturated carbocycles. The zero-order valence-corrected chi connectivity index (χ0v) is 10.2. The minimum absolute atomic E-state index is 0.172. The van der Waals surface area contributed by atoms with Crippen molar-refractivity contribution in [1.29, 1.82) is 0 Å². The Labute approximate surface area is 105 Å². The van der Waals surface area contributed by atoms with Crippen LogP contribution in [-0.2, 0) is 4.57 Å². The number of hydrogen-bond acceptors (Lipinski definition) is 7. The number of phosphoric acid groups is 1. The fourth-order valence-electron chi connectivity index (χ4n) is 1.03. The maximum Gasteiger partial charge on any atom is 0.466 e. The predicted octanol–water partition coefficient (Wildman–Crippen LogP) is -1.85. The number of aliphatic hydroxyl groups excluding tert-OH is 1. The third-order valence-electron chi connectivity index (χ3n) is 1.59. The predicted molar refractivity (Wildman–Crippen MR) is 62.9 cm³/mol. The van der Waals surface area contributed by atoms with Crippen LogP contribution in [0.4, 0.5) is 5.95 Å². The van der Waals surface area contributed by atoms with Gasteiger partial charge in [-0.15, -0.1) is 0 Å². The van der Waals surface area contributed by atoms with Crippen molar-refractivity contribution in [2.45, 2.75) is 0 Å². The van der Waals surface area contributed by atoms with Crippen molar-refractivity contribution in [2.24, 2.45) is 0 Å². The van der Waals surface area contributed by atoms with Crippen molar-refractivity contribution in [1.82, 2.24) is 19.9 Å². The van der Waals surface area contributed by atoms with E-state index in [1.165, 1.54) is 12.4 Å². The van der Waals surface area contributed by atoms with Crippen LogP contribution in [0, 0.1) is 0 Å². The lowest BCUT2D eigenvalue weighted by Crippen LogP contribution is -2.15. The van der Waals surface area contributed by atoms with E-state index in [0.29, 0.717) is 0 Å². The lowest BCUT2D eigenvalue weighted by atomic mass is 10.5. The van der Waals surface area contributed by atoms with Crippen molar-refractivity contribution in [3.63, 3.8) is 0 Å². The van der Waals surface area contributed by atoms with Gasteiger partial charge in [0.1, 0.15) is 6.73 Å². The number of H-pyrrole nitrogens is 1. The van der Waals surface area contributed by atoms with Crippen LogP contribution in [0.15, 0.2) is 17.2 Å². The highest BCUT2D eigenvalue weighted by Gasteiger charge is 2.03. The Morgan fingerprint density at radius 3 is 2.42 bits per heavy atom. The molecule has 2 aromatic rings. The molecule has 2 aromatic heterocycles. The molecule has 0 radical (unpaired) electrons. The molecule has 2 rings (SSSR count). The van der Waals surface area contributed by atoms with Gasteiger partial charge in [-0.1, -0.05) is 0 Å². The Balaban J connectivity index is 0.000000312. The van der Waals surface area contributed by atoms with Gasteiger partial charge >= 0.3 is 7.82 Å². The maximum atomic E-state index is 11.4. The molecule has 6 N–H and O–H groups in total. The van der Waals surface area contributed by atoms with E-state index in [9.17, 15) is 4.79 Å². The van der Waals surface area contributed by atoms with Gasteiger partial charge in [-0.25, -0.2) is 14.5 Å². The zero-order valence-electron chi connectivity index (χ0n) is 9.26. The quantitative estimate of drug-likeness (QED) is 0.271. The molecule has 0 aliphatic carbocycles. The average molecular weight is 291 g/mol. The van der Waals surface area contributed by atoms with Crippen LogP contribution in [0.5, 0.6) is 0 Å². The number of aliphatic hydroxyl groups is 1. The number of aromatic amines is 1. The molecule has 19 heavy (non-hydrogen) atoms. The summed E-state index contributed by atoms with van der Waals surface area (Å²) in [4.78, 5) is 46.9. The van der Waals surface area contributed by atoms with Crippen molar-refractivity contribution < 1.29 is 24.4 Å². The number of aromatic nitrogens is 4. The summed E-state index contributed by atoms with van der Waals surface area (Å²) in [5, 5.41) is 11.0. The van der Waals surface area contributed by atoms with Crippen LogP contribution in [0.3, 0.4) is 0 Å². The average Bonchev–Trinajstić information content (AvgIpc) is 2.27. The third-order valence-corrected chi connectivity index (χ3v) is 1.59. The SMILES string of the molecule is O=P(O)(O)O.O=c1[nH]c(NCO)nc2nccnc12. The Hall–Kier alpha value is -1.91. The summed E-state index contributed by atoms with van der Waals surface area (Å²) in [6, 6.07) is 0. The molecule has 0 spiro atoms. The van der Waals surface area contributed by atoms with Crippen LogP contribution < -0.4 is 10.9 Å². The molecule has 2 heterocycles. The number of hydrogen-bond donors (Lipinski definition) is 6. The lowest BCUT2D eigenvalue weighted by molar-refractivity contribution is 0.275. The summed E-state index contributed by atoms with van der Waals surface area (Å²) in [7, 11) is -4.64. The highest BCUT2D eigenvalue weighted by Crippen LogP contribution is 2.25. The highest BCUT2D eigenvalue weighted by atomic mass is 31.2. The van der Waals surface area contributed by atoms with Gasteiger partial charge in [-0.3, -0.25) is 9.78 Å². The molecule has 0 aliphatic heterocycles. The van der Waals surface area contributed by atoms with Gasteiger partial charge < -0.3 is 25.1 Å². The summed E-state index contributed by atoms with van der Waals surface area (Å²) in [5.74, 6) is 0.172. The van der Waals surface area contributed by atoms with E-state index >= 15 is 0 Å². The number of rotatable bonds is 2. The van der Waals surface area contributed by atoms with Gasteiger partial charge in [0, 0.05) is 12.4 Å². The molecule has 0 aliphatic rings.